The highest BCUT2D eigenvalue weighted by atomic mass is 19.4. The predicted molar refractivity (Wildman–Crippen MR) is 121 cm³/mol. The summed E-state index contributed by atoms with van der Waals surface area (Å²) in [5, 5.41) is 0. The predicted octanol–water partition coefficient (Wildman–Crippen LogP) is 7.39. The van der Waals surface area contributed by atoms with Gasteiger partial charge in [-0.2, -0.15) is 13.2 Å². The summed E-state index contributed by atoms with van der Waals surface area (Å²) in [7, 11) is 0. The van der Waals surface area contributed by atoms with Gasteiger partial charge in [-0.1, -0.05) is 54.6 Å². The maximum Gasteiger partial charge on any atom is 0.417 e. The van der Waals surface area contributed by atoms with Gasteiger partial charge in [-0.15, -0.1) is 0 Å². The lowest BCUT2D eigenvalue weighted by Crippen LogP contribution is -2.21. The number of hydrogen-bond donors (Lipinski definition) is 0. The first-order valence-electron chi connectivity index (χ1n) is 10.4. The van der Waals surface area contributed by atoms with E-state index in [0.29, 0.717) is 16.7 Å². The van der Waals surface area contributed by atoms with E-state index in [-0.39, 0.29) is 16.7 Å². The Kier molecular flexibility index (Phi) is 4.78. The van der Waals surface area contributed by atoms with Crippen LogP contribution in [0.2, 0.25) is 0 Å². The maximum absolute atomic E-state index is 13.6. The molecule has 0 amide bonds. The summed E-state index contributed by atoms with van der Waals surface area (Å²) >= 11 is 0. The van der Waals surface area contributed by atoms with Gasteiger partial charge in [-0.3, -0.25) is 9.59 Å². The van der Waals surface area contributed by atoms with E-state index in [1.54, 1.807) is 24.3 Å². The molecular formula is C28H17F3O2. The summed E-state index contributed by atoms with van der Waals surface area (Å²) in [5.74, 6) is -1.27. The van der Waals surface area contributed by atoms with Crippen molar-refractivity contribution in [1.82, 2.24) is 0 Å². The van der Waals surface area contributed by atoms with Crippen molar-refractivity contribution in [3.63, 3.8) is 0 Å². The van der Waals surface area contributed by atoms with Crippen LogP contribution >= 0.6 is 0 Å². The average Bonchev–Trinajstić information content (AvgIpc) is 2.81. The molecule has 0 bridgehead atoms. The Morgan fingerprint density at radius 1 is 0.545 bits per heavy atom. The van der Waals surface area contributed by atoms with Gasteiger partial charge in [-0.25, -0.2) is 0 Å². The highest BCUT2D eigenvalue weighted by Crippen LogP contribution is 2.41. The second kappa shape index (κ2) is 7.55. The fraction of sp³-hybridized carbons (Fsp3) is 0.0714. The lowest BCUT2D eigenvalue weighted by Gasteiger charge is -2.21. The van der Waals surface area contributed by atoms with Crippen LogP contribution in [0.15, 0.2) is 84.9 Å². The summed E-state index contributed by atoms with van der Waals surface area (Å²) in [4.78, 5) is 25.5. The van der Waals surface area contributed by atoms with E-state index in [0.717, 1.165) is 22.8 Å². The SMILES string of the molecule is Cc1ccccc1-c1ccc2c(c1)-c1cc(-c3ccccc3C(F)(F)F)ccc1C(=O)C2=O. The lowest BCUT2D eigenvalue weighted by atomic mass is 9.81. The summed E-state index contributed by atoms with van der Waals surface area (Å²) in [6.07, 6.45) is -4.52. The van der Waals surface area contributed by atoms with Gasteiger partial charge >= 0.3 is 6.18 Å². The molecule has 0 radical (unpaired) electrons. The minimum absolute atomic E-state index is 0.0220. The molecule has 5 heteroatoms. The molecule has 0 saturated carbocycles. The Bertz CT molecular complexity index is 1450. The summed E-state index contributed by atoms with van der Waals surface area (Å²) in [5.41, 5.74) is 3.94. The third kappa shape index (κ3) is 3.46. The maximum atomic E-state index is 13.6. The molecule has 4 aromatic rings. The molecule has 0 spiro atoms. The molecule has 0 heterocycles. The molecule has 33 heavy (non-hydrogen) atoms. The van der Waals surface area contributed by atoms with Crippen molar-refractivity contribution in [1.29, 1.82) is 0 Å². The standard InChI is InChI=1S/C28H17F3O2/c1-16-6-2-3-7-19(16)17-10-12-21-23(14-17)24-15-18(11-13-22(24)27(33)26(21)32)20-8-4-5-9-25(20)28(29,30)31/h2-15H,1H3. The van der Waals surface area contributed by atoms with Gasteiger partial charge in [0.1, 0.15) is 0 Å². The molecule has 0 saturated heterocycles. The van der Waals surface area contributed by atoms with Gasteiger partial charge in [0.05, 0.1) is 5.56 Å². The molecule has 0 unspecified atom stereocenters. The molecule has 0 atom stereocenters. The number of carbonyl (C=O) groups excluding carboxylic acids is 2. The van der Waals surface area contributed by atoms with Gasteiger partial charge in [0, 0.05) is 11.1 Å². The van der Waals surface area contributed by atoms with Crippen LogP contribution in [0.4, 0.5) is 13.2 Å². The van der Waals surface area contributed by atoms with Gasteiger partial charge in [0.2, 0.25) is 11.6 Å². The number of ketones is 2. The number of hydrogen-bond acceptors (Lipinski definition) is 2. The molecule has 0 fully saturated rings. The van der Waals surface area contributed by atoms with E-state index in [2.05, 4.69) is 0 Å². The topological polar surface area (TPSA) is 34.1 Å². The van der Waals surface area contributed by atoms with Crippen LogP contribution in [0, 0.1) is 6.92 Å². The Morgan fingerprint density at radius 3 is 1.58 bits per heavy atom. The van der Waals surface area contributed by atoms with Crippen LogP contribution < -0.4 is 0 Å². The van der Waals surface area contributed by atoms with Gasteiger partial charge in [0.25, 0.3) is 0 Å². The Hall–Kier alpha value is -3.99. The van der Waals surface area contributed by atoms with Crippen molar-refractivity contribution in [2.75, 3.05) is 0 Å². The van der Waals surface area contributed by atoms with Crippen molar-refractivity contribution >= 4 is 11.6 Å². The average molecular weight is 442 g/mol. The molecule has 162 valence electrons. The van der Waals surface area contributed by atoms with Gasteiger partial charge in [-0.05, 0) is 76.2 Å². The largest absolute Gasteiger partial charge is 0.417 e. The number of Topliss-reactive ketones (excluding diaryl/α,β-unsaturated/α-hetero) is 2. The molecule has 1 aliphatic rings. The van der Waals surface area contributed by atoms with E-state index >= 15 is 0 Å². The lowest BCUT2D eigenvalue weighted by molar-refractivity contribution is -0.137. The van der Waals surface area contributed by atoms with Crippen LogP contribution in [0.25, 0.3) is 33.4 Å². The monoisotopic (exact) mass is 442 g/mol. The Morgan fingerprint density at radius 2 is 1.03 bits per heavy atom. The highest BCUT2D eigenvalue weighted by molar-refractivity contribution is 6.53. The van der Waals surface area contributed by atoms with Crippen molar-refractivity contribution in [2.24, 2.45) is 0 Å². The highest BCUT2D eigenvalue weighted by Gasteiger charge is 2.35. The molecule has 0 aliphatic heterocycles. The van der Waals surface area contributed by atoms with E-state index in [9.17, 15) is 22.8 Å². The zero-order chi connectivity index (χ0) is 23.3. The second-order valence-corrected chi connectivity index (χ2v) is 8.04. The normalized spacial score (nSPS) is 13.0. The zero-order valence-corrected chi connectivity index (χ0v) is 17.5. The Balaban J connectivity index is 1.74. The van der Waals surface area contributed by atoms with E-state index in [1.165, 1.54) is 24.3 Å². The molecule has 0 N–H and O–H groups in total. The van der Waals surface area contributed by atoms with Crippen LogP contribution in [0.3, 0.4) is 0 Å². The van der Waals surface area contributed by atoms with Crippen LogP contribution in [0.5, 0.6) is 0 Å². The van der Waals surface area contributed by atoms with E-state index in [1.807, 2.05) is 37.3 Å². The number of fused-ring (bicyclic) bond motifs is 3. The third-order valence-electron chi connectivity index (χ3n) is 6.02. The molecule has 4 aromatic carbocycles. The number of benzene rings is 4. The molecule has 2 nitrogen and oxygen atoms in total. The number of aryl methyl sites for hydroxylation is 1. The Labute approximate surface area is 188 Å². The van der Waals surface area contributed by atoms with E-state index < -0.39 is 23.3 Å². The number of alkyl halides is 3. The summed E-state index contributed by atoms with van der Waals surface area (Å²) in [6, 6.07) is 22.8. The molecular weight excluding hydrogens is 425 g/mol. The number of halogens is 3. The quantitative estimate of drug-likeness (QED) is 0.303. The summed E-state index contributed by atoms with van der Waals surface area (Å²) < 4.78 is 40.8. The summed E-state index contributed by atoms with van der Waals surface area (Å²) in [6.45, 7) is 1.98. The van der Waals surface area contributed by atoms with Crippen LogP contribution in [0.1, 0.15) is 31.8 Å². The minimum Gasteiger partial charge on any atom is -0.285 e. The minimum atomic E-state index is -4.52. The first kappa shape index (κ1) is 20.9. The smallest absolute Gasteiger partial charge is 0.285 e. The van der Waals surface area contributed by atoms with Crippen LogP contribution in [-0.2, 0) is 6.18 Å². The zero-order valence-electron chi connectivity index (χ0n) is 17.5. The van der Waals surface area contributed by atoms with Crippen molar-refractivity contribution in [3.05, 3.63) is 107 Å². The van der Waals surface area contributed by atoms with Gasteiger partial charge in [0.15, 0.2) is 0 Å². The van der Waals surface area contributed by atoms with Gasteiger partial charge < -0.3 is 0 Å². The third-order valence-corrected chi connectivity index (χ3v) is 6.02. The number of rotatable bonds is 2. The van der Waals surface area contributed by atoms with Crippen molar-refractivity contribution in [3.8, 4) is 33.4 Å². The van der Waals surface area contributed by atoms with Crippen molar-refractivity contribution in [2.45, 2.75) is 13.1 Å². The molecule has 5 rings (SSSR count). The van der Waals surface area contributed by atoms with Crippen LogP contribution in [-0.4, -0.2) is 11.6 Å². The first-order valence-corrected chi connectivity index (χ1v) is 10.4. The van der Waals surface area contributed by atoms with E-state index in [4.69, 9.17) is 0 Å². The fourth-order valence-corrected chi connectivity index (χ4v) is 4.39. The fourth-order valence-electron chi connectivity index (χ4n) is 4.39. The molecule has 0 aromatic heterocycles. The molecule has 1 aliphatic carbocycles. The number of carbonyl (C=O) groups is 2. The first-order chi connectivity index (χ1) is 15.8. The van der Waals surface area contributed by atoms with Crippen molar-refractivity contribution < 1.29 is 22.8 Å². The second-order valence-electron chi connectivity index (χ2n) is 8.04.